The smallest absolute Gasteiger partial charge is 0.255 e. The number of rotatable bonds is 6. The first-order valence-electron chi connectivity index (χ1n) is 10.6. The minimum atomic E-state index is -0.564. The van der Waals surface area contributed by atoms with E-state index in [1.165, 1.54) is 0 Å². The third-order valence-electron chi connectivity index (χ3n) is 5.62. The minimum absolute atomic E-state index is 0.144. The highest BCUT2D eigenvalue weighted by Crippen LogP contribution is 2.42. The molecule has 1 saturated heterocycles. The van der Waals surface area contributed by atoms with E-state index < -0.39 is 6.04 Å². The Bertz CT molecular complexity index is 1060. The van der Waals surface area contributed by atoms with Crippen molar-refractivity contribution in [3.8, 4) is 5.75 Å². The Morgan fingerprint density at radius 3 is 2.22 bits per heavy atom. The monoisotopic (exact) mass is 446 g/mol. The molecule has 0 aliphatic carbocycles. The van der Waals surface area contributed by atoms with Gasteiger partial charge in [0.05, 0.1) is 13.2 Å². The van der Waals surface area contributed by atoms with Crippen LogP contribution in [0.15, 0.2) is 84.9 Å². The quantitative estimate of drug-likeness (QED) is 0.589. The number of carbonyl (C=O) groups excluding carboxylic acids is 2. The first kappa shape index (κ1) is 22.0. The summed E-state index contributed by atoms with van der Waals surface area (Å²) in [4.78, 5) is 28.6. The lowest BCUT2D eigenvalue weighted by Crippen LogP contribution is -2.48. The van der Waals surface area contributed by atoms with Crippen molar-refractivity contribution >= 4 is 23.6 Å². The summed E-state index contributed by atoms with van der Waals surface area (Å²) in [5, 5.41) is 2.87. The van der Waals surface area contributed by atoms with Crippen LogP contribution in [0, 0.1) is 0 Å². The molecule has 0 spiro atoms. The van der Waals surface area contributed by atoms with Crippen LogP contribution in [-0.4, -0.2) is 35.6 Å². The Hall–Kier alpha value is -3.25. The van der Waals surface area contributed by atoms with Gasteiger partial charge in [-0.15, -0.1) is 11.8 Å². The fourth-order valence-corrected chi connectivity index (χ4v) is 5.28. The second kappa shape index (κ2) is 9.92. The van der Waals surface area contributed by atoms with Gasteiger partial charge in [0.25, 0.3) is 5.91 Å². The average molecular weight is 447 g/mol. The topological polar surface area (TPSA) is 58.6 Å². The number of ether oxygens (including phenoxy) is 1. The largest absolute Gasteiger partial charge is 0.497 e. The van der Waals surface area contributed by atoms with Gasteiger partial charge in [-0.3, -0.25) is 9.59 Å². The Morgan fingerprint density at radius 2 is 1.59 bits per heavy atom. The van der Waals surface area contributed by atoms with Gasteiger partial charge in [-0.05, 0) is 42.3 Å². The molecular formula is C26H26N2O3S. The summed E-state index contributed by atoms with van der Waals surface area (Å²) in [6.07, 6.45) is 0. The SMILES string of the molecule is COc1ccc(C(=O)N2C(C(=O)NC(C)c3ccccc3)CSC2c2ccccc2)cc1. The van der Waals surface area contributed by atoms with Crippen LogP contribution < -0.4 is 10.1 Å². The van der Waals surface area contributed by atoms with Gasteiger partial charge >= 0.3 is 0 Å². The molecule has 0 radical (unpaired) electrons. The molecule has 6 heteroatoms. The molecule has 164 valence electrons. The van der Waals surface area contributed by atoms with Gasteiger partial charge in [0, 0.05) is 11.3 Å². The van der Waals surface area contributed by atoms with E-state index in [9.17, 15) is 9.59 Å². The van der Waals surface area contributed by atoms with E-state index in [1.807, 2.05) is 67.6 Å². The highest BCUT2D eigenvalue weighted by atomic mass is 32.2. The van der Waals surface area contributed by atoms with Crippen LogP contribution >= 0.6 is 11.8 Å². The number of hydrogen-bond acceptors (Lipinski definition) is 4. The van der Waals surface area contributed by atoms with E-state index in [-0.39, 0.29) is 23.2 Å². The van der Waals surface area contributed by atoms with Crippen molar-refractivity contribution in [2.45, 2.75) is 24.4 Å². The van der Waals surface area contributed by atoms with Crippen LogP contribution in [0.3, 0.4) is 0 Å². The summed E-state index contributed by atoms with van der Waals surface area (Å²) in [5.74, 6) is 0.908. The average Bonchev–Trinajstić information content (AvgIpc) is 3.30. The van der Waals surface area contributed by atoms with Crippen molar-refractivity contribution in [2.24, 2.45) is 0 Å². The maximum Gasteiger partial charge on any atom is 0.255 e. The van der Waals surface area contributed by atoms with Crippen LogP contribution in [0.25, 0.3) is 0 Å². The highest BCUT2D eigenvalue weighted by Gasteiger charge is 2.42. The van der Waals surface area contributed by atoms with Crippen molar-refractivity contribution in [2.75, 3.05) is 12.9 Å². The molecule has 3 aromatic carbocycles. The van der Waals surface area contributed by atoms with Gasteiger partial charge in [-0.25, -0.2) is 0 Å². The standard InChI is InChI=1S/C26H26N2O3S/c1-18(19-9-5-3-6-10-19)27-24(29)23-17-32-26(21-11-7-4-8-12-21)28(23)25(30)20-13-15-22(31-2)16-14-20/h3-16,18,23,26H,17H2,1-2H3,(H,27,29). The number of thioether (sulfide) groups is 1. The highest BCUT2D eigenvalue weighted by molar-refractivity contribution is 7.99. The van der Waals surface area contributed by atoms with E-state index in [2.05, 4.69) is 5.32 Å². The van der Waals surface area contributed by atoms with E-state index >= 15 is 0 Å². The molecule has 1 aliphatic rings. The Labute approximate surface area is 192 Å². The molecule has 1 fully saturated rings. The molecular weight excluding hydrogens is 420 g/mol. The molecule has 4 rings (SSSR count). The summed E-state index contributed by atoms with van der Waals surface area (Å²) < 4.78 is 5.22. The van der Waals surface area contributed by atoms with Gasteiger partial charge in [0.1, 0.15) is 17.2 Å². The predicted octanol–water partition coefficient (Wildman–Crippen LogP) is 4.83. The molecule has 1 N–H and O–H groups in total. The Morgan fingerprint density at radius 1 is 0.969 bits per heavy atom. The molecule has 1 aliphatic heterocycles. The summed E-state index contributed by atoms with van der Waals surface area (Å²) in [6.45, 7) is 1.96. The fraction of sp³-hybridized carbons (Fsp3) is 0.231. The minimum Gasteiger partial charge on any atom is -0.497 e. The van der Waals surface area contributed by atoms with Crippen LogP contribution in [0.1, 0.15) is 39.8 Å². The second-order valence-electron chi connectivity index (χ2n) is 7.69. The predicted molar refractivity (Wildman–Crippen MR) is 128 cm³/mol. The van der Waals surface area contributed by atoms with E-state index in [0.29, 0.717) is 17.1 Å². The van der Waals surface area contributed by atoms with Crippen molar-refractivity contribution in [3.63, 3.8) is 0 Å². The van der Waals surface area contributed by atoms with E-state index in [4.69, 9.17) is 4.74 Å². The lowest BCUT2D eigenvalue weighted by atomic mass is 10.1. The molecule has 0 bridgehead atoms. The zero-order chi connectivity index (χ0) is 22.5. The summed E-state index contributed by atoms with van der Waals surface area (Å²) in [7, 11) is 1.59. The lowest BCUT2D eigenvalue weighted by molar-refractivity contribution is -0.125. The summed E-state index contributed by atoms with van der Waals surface area (Å²) >= 11 is 1.61. The van der Waals surface area contributed by atoms with Gasteiger partial charge < -0.3 is 15.0 Å². The first-order valence-corrected chi connectivity index (χ1v) is 11.6. The van der Waals surface area contributed by atoms with Gasteiger partial charge in [-0.1, -0.05) is 60.7 Å². The molecule has 3 aromatic rings. The third kappa shape index (κ3) is 4.65. The number of nitrogens with one attached hydrogen (secondary N) is 1. The molecule has 5 nitrogen and oxygen atoms in total. The van der Waals surface area contributed by atoms with E-state index in [0.717, 1.165) is 11.1 Å². The van der Waals surface area contributed by atoms with Gasteiger partial charge in [0.2, 0.25) is 5.91 Å². The zero-order valence-corrected chi connectivity index (χ0v) is 18.9. The van der Waals surface area contributed by atoms with Crippen LogP contribution in [0.2, 0.25) is 0 Å². The van der Waals surface area contributed by atoms with Crippen molar-refractivity contribution in [1.82, 2.24) is 10.2 Å². The number of methoxy groups -OCH3 is 1. The fourth-order valence-electron chi connectivity index (χ4n) is 3.85. The van der Waals surface area contributed by atoms with Gasteiger partial charge in [-0.2, -0.15) is 0 Å². The molecule has 1 heterocycles. The number of hydrogen-bond donors (Lipinski definition) is 1. The van der Waals surface area contributed by atoms with Crippen LogP contribution in [0.5, 0.6) is 5.75 Å². The second-order valence-corrected chi connectivity index (χ2v) is 8.81. The molecule has 3 atom stereocenters. The number of carbonyl (C=O) groups is 2. The number of benzene rings is 3. The zero-order valence-electron chi connectivity index (χ0n) is 18.1. The maximum absolute atomic E-state index is 13.6. The molecule has 0 saturated carbocycles. The van der Waals surface area contributed by atoms with Crippen molar-refractivity contribution < 1.29 is 14.3 Å². The Kier molecular flexibility index (Phi) is 6.81. The maximum atomic E-state index is 13.6. The third-order valence-corrected chi connectivity index (χ3v) is 6.94. The van der Waals surface area contributed by atoms with Crippen LogP contribution in [-0.2, 0) is 4.79 Å². The summed E-state index contributed by atoms with van der Waals surface area (Å²) in [5.41, 5.74) is 2.56. The first-order chi connectivity index (χ1) is 15.6. The molecule has 0 aromatic heterocycles. The number of amides is 2. The summed E-state index contributed by atoms with van der Waals surface area (Å²) in [6, 6.07) is 26.0. The molecule has 2 amide bonds. The van der Waals surface area contributed by atoms with Crippen molar-refractivity contribution in [1.29, 1.82) is 0 Å². The Balaban J connectivity index is 1.61. The van der Waals surface area contributed by atoms with Crippen molar-refractivity contribution in [3.05, 3.63) is 102 Å². The lowest BCUT2D eigenvalue weighted by Gasteiger charge is -2.30. The normalized spacial score (nSPS) is 18.8. The molecule has 32 heavy (non-hydrogen) atoms. The van der Waals surface area contributed by atoms with Gasteiger partial charge in [0.15, 0.2) is 0 Å². The molecule has 3 unspecified atom stereocenters. The number of nitrogens with zero attached hydrogens (tertiary/aromatic N) is 1. The van der Waals surface area contributed by atoms with E-state index in [1.54, 1.807) is 48.0 Å². The van der Waals surface area contributed by atoms with Crippen LogP contribution in [0.4, 0.5) is 0 Å².